The summed E-state index contributed by atoms with van der Waals surface area (Å²) in [4.78, 5) is 23.4. The Kier molecular flexibility index (Phi) is 4.38. The van der Waals surface area contributed by atoms with Crippen molar-refractivity contribution >= 4 is 29.1 Å². The predicted octanol–water partition coefficient (Wildman–Crippen LogP) is 2.70. The van der Waals surface area contributed by atoms with Crippen molar-refractivity contribution in [3.63, 3.8) is 0 Å². The van der Waals surface area contributed by atoms with Crippen LogP contribution >= 0.6 is 11.6 Å². The summed E-state index contributed by atoms with van der Waals surface area (Å²) in [5.41, 5.74) is 6.54. The Morgan fingerprint density at radius 2 is 1.60 bits per heavy atom. The Bertz CT molecular complexity index is 629. The number of carbonyl (C=O) groups is 2. The lowest BCUT2D eigenvalue weighted by atomic mass is 10.1. The molecule has 5 heteroatoms. The van der Waals surface area contributed by atoms with Gasteiger partial charge in [-0.1, -0.05) is 42.5 Å². The molecule has 0 aliphatic heterocycles. The number of halogens is 1. The van der Waals surface area contributed by atoms with Crippen LogP contribution in [0, 0.1) is 0 Å². The minimum atomic E-state index is -0.836. The number of primary amides is 1. The summed E-state index contributed by atoms with van der Waals surface area (Å²) in [5, 5.41) is 1.78. The zero-order valence-corrected chi connectivity index (χ0v) is 11.3. The summed E-state index contributed by atoms with van der Waals surface area (Å²) in [6.07, 6.45) is 0. The molecule has 102 valence electrons. The number of nitrogens with two attached hydrogens (primary N) is 1. The van der Waals surface area contributed by atoms with Gasteiger partial charge in [0, 0.05) is 0 Å². The van der Waals surface area contributed by atoms with Crippen LogP contribution in [0.1, 0.15) is 21.3 Å². The van der Waals surface area contributed by atoms with Crippen LogP contribution in [0.5, 0.6) is 0 Å². The Balaban J connectivity index is 2.18. The van der Waals surface area contributed by atoms with Crippen molar-refractivity contribution in [1.29, 1.82) is 0 Å². The van der Waals surface area contributed by atoms with Gasteiger partial charge in [-0.3, -0.25) is 9.59 Å². The van der Waals surface area contributed by atoms with Crippen LogP contribution in [-0.4, -0.2) is 11.8 Å². The fraction of sp³-hybridized carbons (Fsp3) is 0.0667. The highest BCUT2D eigenvalue weighted by atomic mass is 35.5. The fourth-order valence-electron chi connectivity index (χ4n) is 1.78. The number of amides is 2. The highest BCUT2D eigenvalue weighted by Gasteiger charge is 2.19. The first kappa shape index (κ1) is 14.1. The maximum absolute atomic E-state index is 12.1. The number of anilines is 1. The van der Waals surface area contributed by atoms with Crippen LogP contribution in [0.15, 0.2) is 54.6 Å². The van der Waals surface area contributed by atoms with Crippen molar-refractivity contribution in [2.45, 2.75) is 5.38 Å². The average Bonchev–Trinajstić information content (AvgIpc) is 2.47. The molecule has 0 spiro atoms. The van der Waals surface area contributed by atoms with E-state index in [0.29, 0.717) is 11.3 Å². The largest absolute Gasteiger partial charge is 0.366 e. The van der Waals surface area contributed by atoms with Crippen LogP contribution in [0.25, 0.3) is 0 Å². The van der Waals surface area contributed by atoms with Gasteiger partial charge in [-0.2, -0.15) is 0 Å². The third-order valence-electron chi connectivity index (χ3n) is 2.77. The molecule has 20 heavy (non-hydrogen) atoms. The van der Waals surface area contributed by atoms with Crippen molar-refractivity contribution in [3.8, 4) is 0 Å². The molecule has 2 rings (SSSR count). The maximum atomic E-state index is 12.1. The van der Waals surface area contributed by atoms with E-state index >= 15 is 0 Å². The zero-order valence-electron chi connectivity index (χ0n) is 10.5. The number of alkyl halides is 1. The van der Waals surface area contributed by atoms with E-state index in [1.807, 2.05) is 6.07 Å². The summed E-state index contributed by atoms with van der Waals surface area (Å²) in [7, 11) is 0. The van der Waals surface area contributed by atoms with E-state index in [-0.39, 0.29) is 5.56 Å². The van der Waals surface area contributed by atoms with Crippen LogP contribution in [0.2, 0.25) is 0 Å². The molecule has 1 unspecified atom stereocenters. The van der Waals surface area contributed by atoms with Crippen molar-refractivity contribution < 1.29 is 9.59 Å². The van der Waals surface area contributed by atoms with Crippen LogP contribution in [0.3, 0.4) is 0 Å². The van der Waals surface area contributed by atoms with Crippen LogP contribution < -0.4 is 11.1 Å². The van der Waals surface area contributed by atoms with E-state index in [0.717, 1.165) is 0 Å². The van der Waals surface area contributed by atoms with Gasteiger partial charge in [0.05, 0.1) is 11.3 Å². The second kappa shape index (κ2) is 6.21. The number of para-hydroxylation sites is 1. The van der Waals surface area contributed by atoms with E-state index in [4.69, 9.17) is 17.3 Å². The second-order valence-electron chi connectivity index (χ2n) is 4.17. The van der Waals surface area contributed by atoms with E-state index < -0.39 is 17.2 Å². The molecule has 0 aliphatic carbocycles. The van der Waals surface area contributed by atoms with E-state index in [9.17, 15) is 9.59 Å². The topological polar surface area (TPSA) is 72.2 Å². The summed E-state index contributed by atoms with van der Waals surface area (Å²) >= 11 is 6.11. The molecule has 0 saturated heterocycles. The van der Waals surface area contributed by atoms with E-state index in [2.05, 4.69) is 5.32 Å². The summed E-state index contributed by atoms with van der Waals surface area (Å²) < 4.78 is 0. The molecule has 0 aliphatic rings. The Hall–Kier alpha value is -2.33. The molecule has 0 fully saturated rings. The van der Waals surface area contributed by atoms with E-state index in [1.54, 1.807) is 48.5 Å². The molecule has 2 aromatic carbocycles. The number of nitrogens with one attached hydrogen (secondary N) is 1. The first-order chi connectivity index (χ1) is 9.59. The SMILES string of the molecule is NC(=O)c1ccccc1NC(=O)C(Cl)c1ccccc1. The molecule has 0 radical (unpaired) electrons. The number of benzene rings is 2. The lowest BCUT2D eigenvalue weighted by Gasteiger charge is -2.12. The smallest absolute Gasteiger partial charge is 0.250 e. The lowest BCUT2D eigenvalue weighted by molar-refractivity contribution is -0.116. The number of rotatable bonds is 4. The zero-order chi connectivity index (χ0) is 14.5. The monoisotopic (exact) mass is 288 g/mol. The predicted molar refractivity (Wildman–Crippen MR) is 78.6 cm³/mol. The minimum absolute atomic E-state index is 0.248. The van der Waals surface area contributed by atoms with Crippen molar-refractivity contribution in [2.75, 3.05) is 5.32 Å². The Labute approximate surface area is 121 Å². The highest BCUT2D eigenvalue weighted by molar-refractivity contribution is 6.32. The summed E-state index contributed by atoms with van der Waals surface area (Å²) in [6, 6.07) is 15.5. The van der Waals surface area contributed by atoms with Crippen molar-refractivity contribution in [3.05, 3.63) is 65.7 Å². The van der Waals surface area contributed by atoms with Gasteiger partial charge in [-0.25, -0.2) is 0 Å². The van der Waals surface area contributed by atoms with Gasteiger partial charge in [-0.05, 0) is 17.7 Å². The molecular formula is C15H13ClN2O2. The van der Waals surface area contributed by atoms with Gasteiger partial charge in [0.1, 0.15) is 5.38 Å². The summed E-state index contributed by atoms with van der Waals surface area (Å²) in [6.45, 7) is 0. The standard InChI is InChI=1S/C15H13ClN2O2/c16-13(10-6-2-1-3-7-10)15(20)18-12-9-5-4-8-11(12)14(17)19/h1-9,13H,(H2,17,19)(H,18,20). The third-order valence-corrected chi connectivity index (χ3v) is 3.22. The van der Waals surface area contributed by atoms with Gasteiger partial charge in [-0.15, -0.1) is 11.6 Å². The molecule has 4 nitrogen and oxygen atoms in total. The van der Waals surface area contributed by atoms with Gasteiger partial charge in [0.25, 0.3) is 5.91 Å². The fourth-order valence-corrected chi connectivity index (χ4v) is 1.98. The highest BCUT2D eigenvalue weighted by Crippen LogP contribution is 2.23. The first-order valence-corrected chi connectivity index (χ1v) is 6.42. The summed E-state index contributed by atoms with van der Waals surface area (Å²) in [5.74, 6) is -1.02. The Morgan fingerprint density at radius 3 is 2.25 bits per heavy atom. The molecule has 1 atom stereocenters. The number of hydrogen-bond acceptors (Lipinski definition) is 2. The molecule has 0 bridgehead atoms. The normalized spacial score (nSPS) is 11.7. The number of carbonyl (C=O) groups excluding carboxylic acids is 2. The van der Waals surface area contributed by atoms with Crippen LogP contribution in [-0.2, 0) is 4.79 Å². The molecule has 0 saturated carbocycles. The minimum Gasteiger partial charge on any atom is -0.366 e. The number of hydrogen-bond donors (Lipinski definition) is 2. The maximum Gasteiger partial charge on any atom is 0.250 e. The van der Waals surface area contributed by atoms with Crippen molar-refractivity contribution in [2.24, 2.45) is 5.73 Å². The van der Waals surface area contributed by atoms with Gasteiger partial charge >= 0.3 is 0 Å². The third kappa shape index (κ3) is 3.16. The van der Waals surface area contributed by atoms with E-state index in [1.165, 1.54) is 0 Å². The lowest BCUT2D eigenvalue weighted by Crippen LogP contribution is -2.21. The average molecular weight is 289 g/mol. The van der Waals surface area contributed by atoms with Gasteiger partial charge in [0.2, 0.25) is 5.91 Å². The molecule has 2 aromatic rings. The molecule has 3 N–H and O–H groups in total. The molecule has 0 aromatic heterocycles. The van der Waals surface area contributed by atoms with Gasteiger partial charge < -0.3 is 11.1 Å². The Morgan fingerprint density at radius 1 is 1.00 bits per heavy atom. The second-order valence-corrected chi connectivity index (χ2v) is 4.61. The van der Waals surface area contributed by atoms with Crippen molar-refractivity contribution in [1.82, 2.24) is 0 Å². The first-order valence-electron chi connectivity index (χ1n) is 5.98. The van der Waals surface area contributed by atoms with Gasteiger partial charge in [0.15, 0.2) is 0 Å². The molecule has 2 amide bonds. The molecular weight excluding hydrogens is 276 g/mol. The quantitative estimate of drug-likeness (QED) is 0.849. The van der Waals surface area contributed by atoms with Crippen LogP contribution in [0.4, 0.5) is 5.69 Å². The molecule has 0 heterocycles.